The Morgan fingerprint density at radius 2 is 2.09 bits per heavy atom. The first kappa shape index (κ1) is 23.4. The molecule has 0 spiro atoms. The van der Waals surface area contributed by atoms with Gasteiger partial charge in [0.1, 0.15) is 0 Å². The maximum atomic E-state index is 9.79. The van der Waals surface area contributed by atoms with Crippen LogP contribution in [0.3, 0.4) is 0 Å². The standard InChI is InChI=1S/C11H12N2O2S.C5H12.C2H6/c12-10(5-6-13-8-15-9-14)3-4-11-2-1-7-16-11;1-4-5(2)3;1-2/h1-7,9H,8,12H2;5H,4H2,1-3H3;1-2H3/b4-3+,10-5-,13-6+;;. The van der Waals surface area contributed by atoms with Gasteiger partial charge >= 0.3 is 0 Å². The van der Waals surface area contributed by atoms with Crippen LogP contribution in [0.5, 0.6) is 0 Å². The number of nitrogens with zero attached hydrogens (tertiary/aromatic N) is 1. The Morgan fingerprint density at radius 3 is 2.57 bits per heavy atom. The van der Waals surface area contributed by atoms with Crippen LogP contribution in [0.1, 0.15) is 45.9 Å². The van der Waals surface area contributed by atoms with E-state index in [9.17, 15) is 4.79 Å². The van der Waals surface area contributed by atoms with E-state index < -0.39 is 0 Å². The first-order valence-corrected chi connectivity index (χ1v) is 8.70. The molecular weight excluding hydrogens is 308 g/mol. The lowest BCUT2D eigenvalue weighted by atomic mass is 10.2. The quantitative estimate of drug-likeness (QED) is 0.333. The third-order valence-corrected chi connectivity index (χ3v) is 3.23. The van der Waals surface area contributed by atoms with E-state index in [4.69, 9.17) is 5.73 Å². The van der Waals surface area contributed by atoms with Crippen molar-refractivity contribution in [2.75, 3.05) is 6.73 Å². The lowest BCUT2D eigenvalue weighted by Crippen LogP contribution is -1.93. The van der Waals surface area contributed by atoms with Crippen LogP contribution in [-0.4, -0.2) is 19.4 Å². The Labute approximate surface area is 144 Å². The van der Waals surface area contributed by atoms with E-state index in [2.05, 4.69) is 30.5 Å². The van der Waals surface area contributed by atoms with Crippen molar-refractivity contribution in [2.45, 2.75) is 41.0 Å². The minimum absolute atomic E-state index is 0.0158. The van der Waals surface area contributed by atoms with Crippen molar-refractivity contribution in [1.82, 2.24) is 0 Å². The summed E-state index contributed by atoms with van der Waals surface area (Å²) in [5.41, 5.74) is 6.27. The highest BCUT2D eigenvalue weighted by atomic mass is 32.1. The van der Waals surface area contributed by atoms with Crippen molar-refractivity contribution in [3.05, 3.63) is 40.2 Å². The van der Waals surface area contributed by atoms with Crippen molar-refractivity contribution >= 4 is 30.1 Å². The Morgan fingerprint density at radius 1 is 1.43 bits per heavy atom. The van der Waals surface area contributed by atoms with Crippen molar-refractivity contribution in [3.8, 4) is 0 Å². The molecule has 0 amide bonds. The number of hydrogen-bond donors (Lipinski definition) is 1. The number of allylic oxidation sites excluding steroid dienone is 2. The summed E-state index contributed by atoms with van der Waals surface area (Å²) in [5.74, 6) is 0.884. The molecule has 0 aromatic carbocycles. The monoisotopic (exact) mass is 338 g/mol. The van der Waals surface area contributed by atoms with Gasteiger partial charge < -0.3 is 10.5 Å². The van der Waals surface area contributed by atoms with Crippen molar-refractivity contribution in [3.63, 3.8) is 0 Å². The van der Waals surface area contributed by atoms with Gasteiger partial charge in [0.25, 0.3) is 6.47 Å². The highest BCUT2D eigenvalue weighted by molar-refractivity contribution is 7.10. The van der Waals surface area contributed by atoms with E-state index in [1.165, 1.54) is 12.6 Å². The summed E-state index contributed by atoms with van der Waals surface area (Å²) in [6.45, 7) is 11.0. The average Bonchev–Trinajstić information content (AvgIpc) is 3.08. The van der Waals surface area contributed by atoms with E-state index in [1.54, 1.807) is 23.5 Å². The topological polar surface area (TPSA) is 64.7 Å². The van der Waals surface area contributed by atoms with E-state index in [0.717, 1.165) is 10.8 Å². The smallest absolute Gasteiger partial charge is 0.294 e. The van der Waals surface area contributed by atoms with Gasteiger partial charge in [-0.1, -0.05) is 47.1 Å². The van der Waals surface area contributed by atoms with E-state index in [1.807, 2.05) is 37.4 Å². The zero-order chi connectivity index (χ0) is 17.9. The zero-order valence-electron chi connectivity index (χ0n) is 14.9. The Balaban J connectivity index is 0. The highest BCUT2D eigenvalue weighted by Gasteiger charge is 1.85. The van der Waals surface area contributed by atoms with Crippen LogP contribution >= 0.6 is 11.3 Å². The second-order valence-electron chi connectivity index (χ2n) is 4.54. The van der Waals surface area contributed by atoms with Gasteiger partial charge in [0, 0.05) is 16.8 Å². The molecule has 1 rings (SSSR count). The van der Waals surface area contributed by atoms with Crippen LogP contribution in [0, 0.1) is 5.92 Å². The Bertz CT molecular complexity index is 450. The van der Waals surface area contributed by atoms with E-state index in [-0.39, 0.29) is 6.73 Å². The second-order valence-corrected chi connectivity index (χ2v) is 5.52. The van der Waals surface area contributed by atoms with Crippen LogP contribution < -0.4 is 5.73 Å². The molecule has 130 valence electrons. The number of carbonyl (C=O) groups is 1. The fourth-order valence-corrected chi connectivity index (χ4v) is 1.49. The van der Waals surface area contributed by atoms with Crippen LogP contribution in [0.15, 0.2) is 40.4 Å². The highest BCUT2D eigenvalue weighted by Crippen LogP contribution is 2.10. The van der Waals surface area contributed by atoms with Gasteiger partial charge in [-0.25, -0.2) is 0 Å². The molecule has 1 aromatic rings. The molecule has 5 heteroatoms. The predicted octanol–water partition coefficient (Wildman–Crippen LogP) is 4.88. The number of nitrogens with two attached hydrogens (primary N) is 1. The first-order chi connectivity index (χ1) is 11.1. The van der Waals surface area contributed by atoms with Gasteiger partial charge in [-0.2, -0.15) is 0 Å². The molecule has 4 nitrogen and oxygen atoms in total. The van der Waals surface area contributed by atoms with E-state index in [0.29, 0.717) is 12.2 Å². The summed E-state index contributed by atoms with van der Waals surface area (Å²) >= 11 is 1.64. The lowest BCUT2D eigenvalue weighted by Gasteiger charge is -1.90. The van der Waals surface area contributed by atoms with Crippen molar-refractivity contribution < 1.29 is 9.53 Å². The van der Waals surface area contributed by atoms with Gasteiger partial charge in [0.15, 0.2) is 6.73 Å². The van der Waals surface area contributed by atoms with Gasteiger partial charge in [-0.3, -0.25) is 9.79 Å². The minimum Gasteiger partial charge on any atom is -0.445 e. The fraction of sp³-hybridized carbons (Fsp3) is 0.444. The normalized spacial score (nSPS) is 11.0. The molecule has 0 fully saturated rings. The molecule has 0 radical (unpaired) electrons. The van der Waals surface area contributed by atoms with E-state index >= 15 is 0 Å². The molecule has 0 saturated carbocycles. The van der Waals surface area contributed by atoms with Crippen molar-refractivity contribution in [1.29, 1.82) is 0 Å². The number of hydrogen-bond acceptors (Lipinski definition) is 5. The molecule has 1 heterocycles. The number of rotatable bonds is 7. The summed E-state index contributed by atoms with van der Waals surface area (Å²) in [6.07, 6.45) is 8.15. The molecule has 2 N–H and O–H groups in total. The third kappa shape index (κ3) is 18.1. The number of ether oxygens (including phenoxy) is 1. The second kappa shape index (κ2) is 18.2. The molecule has 0 aliphatic rings. The maximum absolute atomic E-state index is 9.79. The summed E-state index contributed by atoms with van der Waals surface area (Å²) < 4.78 is 4.37. The predicted molar refractivity (Wildman–Crippen MR) is 103 cm³/mol. The minimum atomic E-state index is 0.0158. The molecule has 0 atom stereocenters. The lowest BCUT2D eigenvalue weighted by molar-refractivity contribution is -0.128. The number of thiophene rings is 1. The zero-order valence-corrected chi connectivity index (χ0v) is 15.7. The molecule has 0 unspecified atom stereocenters. The third-order valence-electron chi connectivity index (χ3n) is 2.39. The largest absolute Gasteiger partial charge is 0.445 e. The molecule has 0 saturated heterocycles. The SMILES string of the molecule is CC.CCC(C)C.NC(=C\C=N\COC=O)/C=C/c1cccs1. The van der Waals surface area contributed by atoms with Gasteiger partial charge in [0.05, 0.1) is 0 Å². The Hall–Kier alpha value is -1.88. The molecule has 0 aliphatic heterocycles. The summed E-state index contributed by atoms with van der Waals surface area (Å²) in [5, 5.41) is 2.00. The molecule has 0 aliphatic carbocycles. The van der Waals surface area contributed by atoms with Crippen LogP contribution in [0.2, 0.25) is 0 Å². The van der Waals surface area contributed by atoms with Gasteiger partial charge in [-0.15, -0.1) is 11.3 Å². The molecular formula is C18H30N2O2S. The molecule has 23 heavy (non-hydrogen) atoms. The van der Waals surface area contributed by atoms with Crippen LogP contribution in [-0.2, 0) is 9.53 Å². The van der Waals surface area contributed by atoms with Gasteiger partial charge in [0.2, 0.25) is 0 Å². The summed E-state index contributed by atoms with van der Waals surface area (Å²) in [4.78, 5) is 14.7. The summed E-state index contributed by atoms with van der Waals surface area (Å²) in [6, 6.07) is 3.98. The Kier molecular flexibility index (Phi) is 18.5. The molecule has 0 bridgehead atoms. The van der Waals surface area contributed by atoms with Crippen LogP contribution in [0.25, 0.3) is 6.08 Å². The van der Waals surface area contributed by atoms with Crippen molar-refractivity contribution in [2.24, 2.45) is 16.6 Å². The molecule has 1 aromatic heterocycles. The maximum Gasteiger partial charge on any atom is 0.294 e. The summed E-state index contributed by atoms with van der Waals surface area (Å²) in [7, 11) is 0. The number of carbonyl (C=O) groups excluding carboxylic acids is 1. The van der Waals surface area contributed by atoms with Gasteiger partial charge in [-0.05, 0) is 35.6 Å². The first-order valence-electron chi connectivity index (χ1n) is 7.82. The average molecular weight is 339 g/mol. The number of aliphatic imine (C=N–C) groups is 1. The van der Waals surface area contributed by atoms with Crippen LogP contribution in [0.4, 0.5) is 0 Å². The fourth-order valence-electron chi connectivity index (χ4n) is 0.875.